The number of carbonyl (C=O) groups excluding carboxylic acids is 2. The van der Waals surface area contributed by atoms with Crippen LogP contribution in [0.1, 0.15) is 28.3 Å². The van der Waals surface area contributed by atoms with Crippen molar-refractivity contribution in [2.45, 2.75) is 12.3 Å². The molecule has 1 saturated heterocycles. The lowest BCUT2D eigenvalue weighted by Crippen LogP contribution is -2.36. The molecule has 2 amide bonds. The molecule has 0 radical (unpaired) electrons. The maximum Gasteiger partial charge on any atom is 0.253 e. The fraction of sp³-hybridized carbons (Fsp3) is 0.417. The quantitative estimate of drug-likeness (QED) is 0.580. The molecule has 1 heterocycles. The van der Waals surface area contributed by atoms with Crippen LogP contribution in [-0.2, 0) is 9.53 Å². The number of amides is 2. The van der Waals surface area contributed by atoms with Crippen molar-refractivity contribution in [1.29, 1.82) is 0 Å². The maximum atomic E-state index is 13.2. The van der Waals surface area contributed by atoms with Crippen LogP contribution in [0.3, 0.4) is 0 Å². The van der Waals surface area contributed by atoms with Gasteiger partial charge in [-0.25, -0.2) is 0 Å². The lowest BCUT2D eigenvalue weighted by Gasteiger charge is -2.21. The Kier molecular flexibility index (Phi) is 8.36. The fourth-order valence-electron chi connectivity index (χ4n) is 4.01. The van der Waals surface area contributed by atoms with E-state index >= 15 is 0 Å². The van der Waals surface area contributed by atoms with E-state index in [1.807, 2.05) is 18.2 Å². The molecule has 1 aliphatic rings. The summed E-state index contributed by atoms with van der Waals surface area (Å²) >= 11 is 5.96. The summed E-state index contributed by atoms with van der Waals surface area (Å²) < 4.78 is 16.0. The van der Waals surface area contributed by atoms with Crippen LogP contribution in [0.15, 0.2) is 42.5 Å². The molecule has 32 heavy (non-hydrogen) atoms. The van der Waals surface area contributed by atoms with Crippen LogP contribution in [0.25, 0.3) is 0 Å². The van der Waals surface area contributed by atoms with Crippen molar-refractivity contribution in [2.24, 2.45) is 5.92 Å². The number of nitrogens with zero attached hydrogens (tertiary/aromatic N) is 1. The van der Waals surface area contributed by atoms with Crippen molar-refractivity contribution in [2.75, 3.05) is 47.6 Å². The molecule has 0 aromatic heterocycles. The van der Waals surface area contributed by atoms with Gasteiger partial charge in [-0.2, -0.15) is 0 Å². The lowest BCUT2D eigenvalue weighted by atomic mass is 9.87. The van der Waals surface area contributed by atoms with Crippen molar-refractivity contribution in [3.05, 3.63) is 58.6 Å². The number of likely N-dealkylation sites (tertiary alicyclic amines) is 1. The number of methoxy groups -OCH3 is 3. The van der Waals surface area contributed by atoms with Crippen LogP contribution in [0.4, 0.5) is 0 Å². The molecule has 0 aliphatic carbocycles. The highest BCUT2D eigenvalue weighted by Gasteiger charge is 2.41. The Hall–Kier alpha value is -2.77. The lowest BCUT2D eigenvalue weighted by molar-refractivity contribution is -0.125. The molecule has 3 rings (SSSR count). The number of halogens is 1. The summed E-state index contributed by atoms with van der Waals surface area (Å²) in [6.45, 7) is 1.78. The standard InChI is InChI=1S/C24H29ClN2O5/c1-30-12-4-11-26-23(28)21-15-27(24(29)16-5-7-17(25)8-6-16)14-20(21)19-13-18(31-2)9-10-22(19)32-3/h5-10,13,20-21H,4,11-12,14-15H2,1-3H3,(H,26,28)/t20-,21-/m0/s1. The van der Waals surface area contributed by atoms with Gasteiger partial charge < -0.3 is 24.4 Å². The van der Waals surface area contributed by atoms with Crippen LogP contribution in [-0.4, -0.2) is 64.3 Å². The van der Waals surface area contributed by atoms with Gasteiger partial charge in [-0.1, -0.05) is 11.6 Å². The van der Waals surface area contributed by atoms with E-state index in [1.165, 1.54) is 0 Å². The number of hydrogen-bond donors (Lipinski definition) is 1. The van der Waals surface area contributed by atoms with Gasteiger partial charge in [0.1, 0.15) is 11.5 Å². The molecular formula is C24H29ClN2O5. The van der Waals surface area contributed by atoms with E-state index in [0.29, 0.717) is 48.3 Å². The zero-order chi connectivity index (χ0) is 23.1. The molecule has 0 unspecified atom stereocenters. The Morgan fingerprint density at radius 2 is 1.81 bits per heavy atom. The normalized spacial score (nSPS) is 17.8. The highest BCUT2D eigenvalue weighted by Crippen LogP contribution is 2.40. The minimum Gasteiger partial charge on any atom is -0.497 e. The van der Waals surface area contributed by atoms with E-state index in [2.05, 4.69) is 5.32 Å². The summed E-state index contributed by atoms with van der Waals surface area (Å²) in [6.07, 6.45) is 0.718. The predicted octanol–water partition coefficient (Wildman–Crippen LogP) is 3.37. The molecule has 172 valence electrons. The van der Waals surface area contributed by atoms with Crippen LogP contribution in [0.2, 0.25) is 5.02 Å². The number of ether oxygens (including phenoxy) is 3. The first-order chi connectivity index (χ1) is 15.5. The Bertz CT molecular complexity index is 934. The summed E-state index contributed by atoms with van der Waals surface area (Å²) in [6, 6.07) is 12.3. The third kappa shape index (κ3) is 5.53. The Balaban J connectivity index is 1.88. The van der Waals surface area contributed by atoms with Crippen molar-refractivity contribution in [3.63, 3.8) is 0 Å². The minimum absolute atomic E-state index is 0.0950. The topological polar surface area (TPSA) is 77.1 Å². The molecule has 0 bridgehead atoms. The second kappa shape index (κ2) is 11.2. The number of rotatable bonds is 9. The smallest absolute Gasteiger partial charge is 0.253 e. The van der Waals surface area contributed by atoms with Crippen molar-refractivity contribution < 1.29 is 23.8 Å². The summed E-state index contributed by atoms with van der Waals surface area (Å²) in [5.74, 6) is 0.440. The van der Waals surface area contributed by atoms with Gasteiger partial charge in [0.2, 0.25) is 5.91 Å². The first-order valence-electron chi connectivity index (χ1n) is 10.5. The molecule has 1 N–H and O–H groups in total. The van der Waals surface area contributed by atoms with Crippen LogP contribution in [0.5, 0.6) is 11.5 Å². The van der Waals surface area contributed by atoms with Gasteiger partial charge in [0, 0.05) is 55.4 Å². The van der Waals surface area contributed by atoms with Gasteiger partial charge in [0.05, 0.1) is 20.1 Å². The van der Waals surface area contributed by atoms with E-state index in [1.54, 1.807) is 50.5 Å². The molecule has 2 aromatic rings. The van der Waals surface area contributed by atoms with Crippen molar-refractivity contribution in [1.82, 2.24) is 10.2 Å². The molecular weight excluding hydrogens is 432 g/mol. The van der Waals surface area contributed by atoms with Crippen molar-refractivity contribution in [3.8, 4) is 11.5 Å². The van der Waals surface area contributed by atoms with Gasteiger partial charge in [-0.05, 0) is 48.9 Å². The molecule has 2 aromatic carbocycles. The summed E-state index contributed by atoms with van der Waals surface area (Å²) in [5.41, 5.74) is 1.38. The largest absolute Gasteiger partial charge is 0.497 e. The van der Waals surface area contributed by atoms with E-state index in [-0.39, 0.29) is 17.7 Å². The highest BCUT2D eigenvalue weighted by molar-refractivity contribution is 6.30. The molecule has 8 heteroatoms. The zero-order valence-electron chi connectivity index (χ0n) is 18.6. The SMILES string of the molecule is COCCCNC(=O)[C@H]1CN(C(=O)c2ccc(Cl)cc2)C[C@H]1c1cc(OC)ccc1OC. The summed E-state index contributed by atoms with van der Waals surface area (Å²) in [7, 11) is 4.82. The Morgan fingerprint density at radius 1 is 1.06 bits per heavy atom. The second-order valence-corrected chi connectivity index (χ2v) is 8.11. The average molecular weight is 461 g/mol. The number of carbonyl (C=O) groups is 2. The fourth-order valence-corrected chi connectivity index (χ4v) is 4.14. The van der Waals surface area contributed by atoms with E-state index < -0.39 is 5.92 Å². The van der Waals surface area contributed by atoms with Gasteiger partial charge in [0.25, 0.3) is 5.91 Å². The van der Waals surface area contributed by atoms with Gasteiger partial charge in [0.15, 0.2) is 0 Å². The van der Waals surface area contributed by atoms with Crippen LogP contribution >= 0.6 is 11.6 Å². The monoisotopic (exact) mass is 460 g/mol. The first-order valence-corrected chi connectivity index (χ1v) is 10.9. The summed E-state index contributed by atoms with van der Waals surface area (Å²) in [5, 5.41) is 3.55. The van der Waals surface area contributed by atoms with Gasteiger partial charge in [-0.3, -0.25) is 9.59 Å². The van der Waals surface area contributed by atoms with E-state index in [0.717, 1.165) is 12.0 Å². The predicted molar refractivity (Wildman–Crippen MR) is 123 cm³/mol. The van der Waals surface area contributed by atoms with E-state index in [9.17, 15) is 9.59 Å². The maximum absolute atomic E-state index is 13.2. The Morgan fingerprint density at radius 3 is 2.47 bits per heavy atom. The number of nitrogens with one attached hydrogen (secondary N) is 1. The van der Waals surface area contributed by atoms with Gasteiger partial charge >= 0.3 is 0 Å². The number of hydrogen-bond acceptors (Lipinski definition) is 5. The Labute approximate surface area is 193 Å². The van der Waals surface area contributed by atoms with Crippen molar-refractivity contribution >= 4 is 23.4 Å². The number of benzene rings is 2. The molecule has 1 aliphatic heterocycles. The average Bonchev–Trinajstić information content (AvgIpc) is 3.26. The first kappa shape index (κ1) is 23.9. The molecule has 0 saturated carbocycles. The zero-order valence-corrected chi connectivity index (χ0v) is 19.4. The third-order valence-corrected chi connectivity index (χ3v) is 5.95. The second-order valence-electron chi connectivity index (χ2n) is 7.68. The molecule has 1 fully saturated rings. The van der Waals surface area contributed by atoms with E-state index in [4.69, 9.17) is 25.8 Å². The van der Waals surface area contributed by atoms with Crippen LogP contribution < -0.4 is 14.8 Å². The molecule has 2 atom stereocenters. The molecule has 7 nitrogen and oxygen atoms in total. The van der Waals surface area contributed by atoms with Gasteiger partial charge in [-0.15, -0.1) is 0 Å². The van der Waals surface area contributed by atoms with Crippen LogP contribution in [0, 0.1) is 5.92 Å². The third-order valence-electron chi connectivity index (χ3n) is 5.70. The summed E-state index contributed by atoms with van der Waals surface area (Å²) in [4.78, 5) is 28.0. The molecule has 0 spiro atoms. The minimum atomic E-state index is -0.421. The highest BCUT2D eigenvalue weighted by atomic mass is 35.5.